The smallest absolute Gasteiger partial charge is 0.269 e. The van der Waals surface area contributed by atoms with E-state index >= 15 is 0 Å². The summed E-state index contributed by atoms with van der Waals surface area (Å²) in [4.78, 5) is 12.3. The largest absolute Gasteiger partial charge is 0.507 e. The Labute approximate surface area is 145 Å². The van der Waals surface area contributed by atoms with Crippen molar-refractivity contribution in [1.82, 2.24) is 25.3 Å². The Hall–Kier alpha value is -3.09. The summed E-state index contributed by atoms with van der Waals surface area (Å²) in [5.74, 6) is -0.123. The summed E-state index contributed by atoms with van der Waals surface area (Å²) < 4.78 is 1.90. The van der Waals surface area contributed by atoms with Gasteiger partial charge in [0, 0.05) is 17.8 Å². The number of hydrogen-bond donors (Lipinski definition) is 3. The van der Waals surface area contributed by atoms with E-state index in [2.05, 4.69) is 20.6 Å². The molecule has 2 heterocycles. The van der Waals surface area contributed by atoms with Crippen LogP contribution in [0.15, 0.2) is 36.4 Å². The van der Waals surface area contributed by atoms with Gasteiger partial charge in [-0.2, -0.15) is 10.2 Å². The number of aromatic nitrogens is 4. The van der Waals surface area contributed by atoms with E-state index in [1.54, 1.807) is 30.3 Å². The molecule has 0 fully saturated rings. The molecular formula is C18H21N5O2. The Morgan fingerprint density at radius 1 is 1.32 bits per heavy atom. The minimum absolute atomic E-state index is 0.0400. The van der Waals surface area contributed by atoms with Gasteiger partial charge in [0.1, 0.15) is 11.4 Å². The molecule has 0 aliphatic carbocycles. The molecule has 130 valence electrons. The van der Waals surface area contributed by atoms with E-state index in [-0.39, 0.29) is 17.7 Å². The fourth-order valence-corrected chi connectivity index (χ4v) is 2.78. The molecule has 1 atom stereocenters. The molecule has 1 amide bonds. The third-order valence-corrected chi connectivity index (χ3v) is 4.02. The molecule has 0 saturated heterocycles. The summed E-state index contributed by atoms with van der Waals surface area (Å²) >= 11 is 0. The number of hydrogen-bond acceptors (Lipinski definition) is 4. The Morgan fingerprint density at radius 3 is 2.76 bits per heavy atom. The summed E-state index contributed by atoms with van der Waals surface area (Å²) in [6.45, 7) is 6.39. The molecule has 3 N–H and O–H groups in total. The summed E-state index contributed by atoms with van der Waals surface area (Å²) in [5.41, 5.74) is 3.46. The van der Waals surface area contributed by atoms with Gasteiger partial charge in [-0.3, -0.25) is 14.6 Å². The number of phenols is 1. The van der Waals surface area contributed by atoms with Crippen LogP contribution in [0.5, 0.6) is 5.75 Å². The number of rotatable bonds is 5. The molecule has 1 aromatic carbocycles. The summed E-state index contributed by atoms with van der Waals surface area (Å²) in [7, 11) is 0. The zero-order chi connectivity index (χ0) is 18.0. The summed E-state index contributed by atoms with van der Waals surface area (Å²) in [6.07, 6.45) is 0. The highest BCUT2D eigenvalue weighted by atomic mass is 16.3. The van der Waals surface area contributed by atoms with Gasteiger partial charge < -0.3 is 10.4 Å². The number of carbonyl (C=O) groups excluding carboxylic acids is 1. The first-order chi connectivity index (χ1) is 12.0. The molecule has 0 spiro atoms. The molecule has 0 saturated carbocycles. The molecule has 0 bridgehead atoms. The van der Waals surface area contributed by atoms with Gasteiger partial charge in [-0.15, -0.1) is 0 Å². The van der Waals surface area contributed by atoms with Crippen molar-refractivity contribution in [3.8, 4) is 17.0 Å². The topological polar surface area (TPSA) is 95.8 Å². The Balaban J connectivity index is 1.66. The Kier molecular flexibility index (Phi) is 4.56. The van der Waals surface area contributed by atoms with Crippen LogP contribution in [0.2, 0.25) is 0 Å². The van der Waals surface area contributed by atoms with Gasteiger partial charge in [-0.05, 0) is 45.0 Å². The molecule has 3 aromatic rings. The van der Waals surface area contributed by atoms with Crippen LogP contribution in [0, 0.1) is 13.8 Å². The van der Waals surface area contributed by atoms with Crippen LogP contribution in [-0.2, 0) is 0 Å². The highest BCUT2D eigenvalue weighted by molar-refractivity contribution is 5.93. The minimum Gasteiger partial charge on any atom is -0.507 e. The molecule has 0 aliphatic rings. The van der Waals surface area contributed by atoms with Crippen LogP contribution < -0.4 is 5.32 Å². The second-order valence-electron chi connectivity index (χ2n) is 6.11. The van der Waals surface area contributed by atoms with Crippen LogP contribution in [-0.4, -0.2) is 37.5 Å². The average molecular weight is 339 g/mol. The van der Waals surface area contributed by atoms with Crippen LogP contribution in [0.25, 0.3) is 11.3 Å². The molecule has 0 aliphatic heterocycles. The first kappa shape index (κ1) is 16.8. The van der Waals surface area contributed by atoms with Gasteiger partial charge in [0.2, 0.25) is 0 Å². The maximum Gasteiger partial charge on any atom is 0.269 e. The summed E-state index contributed by atoms with van der Waals surface area (Å²) in [5, 5.41) is 24.0. The zero-order valence-electron chi connectivity index (χ0n) is 14.4. The van der Waals surface area contributed by atoms with Crippen molar-refractivity contribution in [2.24, 2.45) is 0 Å². The lowest BCUT2D eigenvalue weighted by Crippen LogP contribution is -2.30. The first-order valence-corrected chi connectivity index (χ1v) is 8.10. The van der Waals surface area contributed by atoms with E-state index in [1.807, 2.05) is 31.5 Å². The number of aromatic amines is 1. The highest BCUT2D eigenvalue weighted by Gasteiger charge is 2.15. The second-order valence-corrected chi connectivity index (χ2v) is 6.11. The van der Waals surface area contributed by atoms with Gasteiger partial charge in [0.15, 0.2) is 0 Å². The zero-order valence-corrected chi connectivity index (χ0v) is 14.4. The number of nitrogens with one attached hydrogen (secondary N) is 2. The first-order valence-electron chi connectivity index (χ1n) is 8.10. The number of carbonyl (C=O) groups is 1. The fourth-order valence-electron chi connectivity index (χ4n) is 2.78. The van der Waals surface area contributed by atoms with Crippen molar-refractivity contribution >= 4 is 5.91 Å². The number of aryl methyl sites for hydroxylation is 2. The number of aromatic hydroxyl groups is 1. The third-order valence-electron chi connectivity index (χ3n) is 4.02. The molecule has 2 aromatic heterocycles. The highest BCUT2D eigenvalue weighted by Crippen LogP contribution is 2.27. The Morgan fingerprint density at radius 2 is 2.08 bits per heavy atom. The lowest BCUT2D eigenvalue weighted by atomic mass is 10.1. The van der Waals surface area contributed by atoms with Gasteiger partial charge >= 0.3 is 0 Å². The third kappa shape index (κ3) is 3.55. The van der Waals surface area contributed by atoms with Crippen molar-refractivity contribution in [2.75, 3.05) is 6.54 Å². The van der Waals surface area contributed by atoms with Gasteiger partial charge in [-0.25, -0.2) is 0 Å². The van der Waals surface area contributed by atoms with Crippen molar-refractivity contribution in [3.63, 3.8) is 0 Å². The number of amides is 1. The van der Waals surface area contributed by atoms with Crippen LogP contribution in [0.4, 0.5) is 0 Å². The maximum absolute atomic E-state index is 12.3. The average Bonchev–Trinajstić information content (AvgIpc) is 3.19. The van der Waals surface area contributed by atoms with E-state index in [0.29, 0.717) is 23.5 Å². The number of benzene rings is 1. The molecule has 25 heavy (non-hydrogen) atoms. The lowest BCUT2D eigenvalue weighted by molar-refractivity contribution is 0.0942. The van der Waals surface area contributed by atoms with Crippen molar-refractivity contribution in [2.45, 2.75) is 26.8 Å². The van der Waals surface area contributed by atoms with Crippen LogP contribution >= 0.6 is 0 Å². The SMILES string of the molecule is Cc1cc(C)n([C@H](C)CNC(=O)c2cc(-c3ccccc3O)n[nH]2)n1. The normalized spacial score (nSPS) is 12.1. The number of nitrogens with zero attached hydrogens (tertiary/aromatic N) is 3. The molecule has 7 heteroatoms. The van der Waals surface area contributed by atoms with E-state index in [0.717, 1.165) is 11.4 Å². The van der Waals surface area contributed by atoms with Gasteiger partial charge in [0.05, 0.1) is 17.4 Å². The fraction of sp³-hybridized carbons (Fsp3) is 0.278. The summed E-state index contributed by atoms with van der Waals surface area (Å²) in [6, 6.07) is 10.5. The predicted molar refractivity (Wildman–Crippen MR) is 94.4 cm³/mol. The molecule has 0 unspecified atom stereocenters. The van der Waals surface area contributed by atoms with E-state index in [9.17, 15) is 9.90 Å². The van der Waals surface area contributed by atoms with Crippen molar-refractivity contribution in [1.29, 1.82) is 0 Å². The number of phenolic OH excluding ortho intramolecular Hbond substituents is 1. The monoisotopic (exact) mass is 339 g/mol. The van der Waals surface area contributed by atoms with E-state index < -0.39 is 0 Å². The number of para-hydroxylation sites is 1. The molecule has 0 radical (unpaired) electrons. The lowest BCUT2D eigenvalue weighted by Gasteiger charge is -2.14. The van der Waals surface area contributed by atoms with Crippen LogP contribution in [0.1, 0.15) is 34.8 Å². The standard InChI is InChI=1S/C18H21N5O2/c1-11-8-12(2)23(22-11)13(3)10-19-18(25)16-9-15(20-21-16)14-6-4-5-7-17(14)24/h4-9,13,24H,10H2,1-3H3,(H,19,25)(H,20,21)/t13-/m1/s1. The second kappa shape index (κ2) is 6.80. The minimum atomic E-state index is -0.248. The van der Waals surface area contributed by atoms with Gasteiger partial charge in [0.25, 0.3) is 5.91 Å². The quantitative estimate of drug-likeness (QED) is 0.666. The van der Waals surface area contributed by atoms with Crippen LogP contribution in [0.3, 0.4) is 0 Å². The Bertz CT molecular complexity index is 897. The van der Waals surface area contributed by atoms with Gasteiger partial charge in [-0.1, -0.05) is 12.1 Å². The predicted octanol–water partition coefficient (Wildman–Crippen LogP) is 2.59. The van der Waals surface area contributed by atoms with Crippen molar-refractivity contribution < 1.29 is 9.90 Å². The molecule has 7 nitrogen and oxygen atoms in total. The maximum atomic E-state index is 12.3. The molecule has 3 rings (SSSR count). The van der Waals surface area contributed by atoms with Crippen molar-refractivity contribution in [3.05, 3.63) is 53.5 Å². The number of H-pyrrole nitrogens is 1. The van der Waals surface area contributed by atoms with E-state index in [4.69, 9.17) is 0 Å². The van der Waals surface area contributed by atoms with E-state index in [1.165, 1.54) is 0 Å². The molecular weight excluding hydrogens is 318 g/mol.